The van der Waals surface area contributed by atoms with Crippen LogP contribution in [0.4, 0.5) is 4.79 Å². The normalized spacial score (nSPS) is 14.6. The highest BCUT2D eigenvalue weighted by atomic mass is 16.5. The summed E-state index contributed by atoms with van der Waals surface area (Å²) in [5.74, 6) is -0.631. The van der Waals surface area contributed by atoms with E-state index in [1.54, 1.807) is 50.5 Å². The van der Waals surface area contributed by atoms with Gasteiger partial charge in [0.25, 0.3) is 17.4 Å². The fraction of sp³-hybridized carbons (Fsp3) is 0.217. The number of imide groups is 2. The van der Waals surface area contributed by atoms with E-state index in [0.717, 1.165) is 5.56 Å². The number of aromatic nitrogens is 2. The Hall–Kier alpha value is -4.74. The number of amides is 5. The summed E-state index contributed by atoms with van der Waals surface area (Å²) in [6.45, 7) is 0. The van der Waals surface area contributed by atoms with Crippen molar-refractivity contribution in [2.75, 3.05) is 14.1 Å². The highest BCUT2D eigenvalue weighted by Crippen LogP contribution is 2.30. The SMILES string of the molecule is CN(C)C(=O)CCC1(Oc2ccc(Oc3ccc(-c4nnco4)cc3)cc2)C(=O)NC(=O)NC1=O. The molecule has 0 aliphatic carbocycles. The summed E-state index contributed by atoms with van der Waals surface area (Å²) in [4.78, 5) is 50.3. The van der Waals surface area contributed by atoms with E-state index < -0.39 is 23.4 Å². The summed E-state index contributed by atoms with van der Waals surface area (Å²) in [7, 11) is 3.11. The molecule has 12 nitrogen and oxygen atoms in total. The molecule has 2 aromatic carbocycles. The summed E-state index contributed by atoms with van der Waals surface area (Å²) >= 11 is 0. The Labute approximate surface area is 199 Å². The summed E-state index contributed by atoms with van der Waals surface area (Å²) in [5.41, 5.74) is -1.36. The average molecular weight is 479 g/mol. The number of rotatable bonds is 8. The van der Waals surface area contributed by atoms with Gasteiger partial charge in [0.05, 0.1) is 0 Å². The molecule has 2 heterocycles. The zero-order valence-electron chi connectivity index (χ0n) is 18.8. The summed E-state index contributed by atoms with van der Waals surface area (Å²) in [6.07, 6.45) is 0.828. The molecule has 0 bridgehead atoms. The summed E-state index contributed by atoms with van der Waals surface area (Å²) in [6, 6.07) is 12.2. The first-order valence-electron chi connectivity index (χ1n) is 10.5. The van der Waals surface area contributed by atoms with Crippen LogP contribution >= 0.6 is 0 Å². The van der Waals surface area contributed by atoms with Gasteiger partial charge in [-0.25, -0.2) is 4.79 Å². The Morgan fingerprint density at radius 3 is 2.06 bits per heavy atom. The number of nitrogens with zero attached hydrogens (tertiary/aromatic N) is 3. The van der Waals surface area contributed by atoms with Gasteiger partial charge in [-0.1, -0.05) is 0 Å². The number of carbonyl (C=O) groups is 4. The predicted molar refractivity (Wildman–Crippen MR) is 119 cm³/mol. The molecule has 1 saturated heterocycles. The molecule has 4 rings (SSSR count). The first kappa shape index (κ1) is 23.4. The molecule has 0 saturated carbocycles. The standard InChI is InChI=1S/C23H21N5O7/c1-28(2)18(29)11-12-23(20(30)25-22(32)26-21(23)31)35-17-9-7-16(8-10-17)34-15-5-3-14(4-6-15)19-27-24-13-33-19/h3-10,13H,11-12H2,1-2H3,(H2,25,26,30,31,32). The Bertz CT molecular complexity index is 1220. The Kier molecular flexibility index (Phi) is 6.44. The third-order valence-electron chi connectivity index (χ3n) is 5.19. The molecular weight excluding hydrogens is 458 g/mol. The molecule has 5 amide bonds. The van der Waals surface area contributed by atoms with Gasteiger partial charge >= 0.3 is 6.03 Å². The van der Waals surface area contributed by atoms with Gasteiger partial charge in [0.15, 0.2) is 0 Å². The third kappa shape index (κ3) is 5.11. The van der Waals surface area contributed by atoms with Gasteiger partial charge in [0, 0.05) is 32.5 Å². The van der Waals surface area contributed by atoms with Crippen molar-refractivity contribution in [2.24, 2.45) is 0 Å². The Balaban J connectivity index is 1.48. The Morgan fingerprint density at radius 1 is 0.943 bits per heavy atom. The lowest BCUT2D eigenvalue weighted by Crippen LogP contribution is -2.69. The monoisotopic (exact) mass is 479 g/mol. The molecule has 0 unspecified atom stereocenters. The number of benzene rings is 2. The number of nitrogens with one attached hydrogen (secondary N) is 2. The van der Waals surface area contributed by atoms with Gasteiger partial charge in [-0.05, 0) is 48.5 Å². The van der Waals surface area contributed by atoms with Crippen molar-refractivity contribution in [1.82, 2.24) is 25.7 Å². The van der Waals surface area contributed by atoms with Crippen LogP contribution in [-0.2, 0) is 14.4 Å². The number of hydrogen-bond acceptors (Lipinski definition) is 9. The number of ether oxygens (including phenoxy) is 2. The highest BCUT2D eigenvalue weighted by molar-refractivity contribution is 6.22. The van der Waals surface area contributed by atoms with Crippen LogP contribution in [0.15, 0.2) is 59.3 Å². The maximum absolute atomic E-state index is 12.7. The molecule has 1 fully saturated rings. The zero-order chi connectivity index (χ0) is 25.0. The van der Waals surface area contributed by atoms with E-state index in [1.165, 1.54) is 23.4 Å². The lowest BCUT2D eigenvalue weighted by atomic mass is 9.93. The minimum Gasteiger partial charge on any atom is -0.467 e. The second kappa shape index (κ2) is 9.63. The van der Waals surface area contributed by atoms with E-state index in [2.05, 4.69) is 10.2 Å². The molecule has 2 N–H and O–H groups in total. The fourth-order valence-electron chi connectivity index (χ4n) is 3.30. The number of hydrogen-bond donors (Lipinski definition) is 2. The third-order valence-corrected chi connectivity index (χ3v) is 5.19. The smallest absolute Gasteiger partial charge is 0.328 e. The van der Waals surface area contributed by atoms with Crippen molar-refractivity contribution >= 4 is 23.8 Å². The lowest BCUT2D eigenvalue weighted by Gasteiger charge is -2.34. The van der Waals surface area contributed by atoms with Crippen molar-refractivity contribution < 1.29 is 33.1 Å². The first-order valence-corrected chi connectivity index (χ1v) is 10.5. The largest absolute Gasteiger partial charge is 0.467 e. The van der Waals surface area contributed by atoms with Crippen molar-refractivity contribution in [3.8, 4) is 28.7 Å². The molecular formula is C23H21N5O7. The Morgan fingerprint density at radius 2 is 1.51 bits per heavy atom. The van der Waals surface area contributed by atoms with E-state index in [-0.39, 0.29) is 24.5 Å². The fourth-order valence-corrected chi connectivity index (χ4v) is 3.30. The van der Waals surface area contributed by atoms with E-state index >= 15 is 0 Å². The lowest BCUT2D eigenvalue weighted by molar-refractivity contribution is -0.152. The van der Waals surface area contributed by atoms with Gasteiger partial charge in [0.1, 0.15) is 17.2 Å². The second-order valence-corrected chi connectivity index (χ2v) is 7.80. The predicted octanol–water partition coefficient (Wildman–Crippen LogP) is 1.88. The molecule has 1 aliphatic rings. The first-order chi connectivity index (χ1) is 16.8. The average Bonchev–Trinajstić information content (AvgIpc) is 3.37. The molecule has 0 spiro atoms. The van der Waals surface area contributed by atoms with Crippen LogP contribution in [0.1, 0.15) is 12.8 Å². The molecule has 3 aromatic rings. The van der Waals surface area contributed by atoms with E-state index in [4.69, 9.17) is 13.9 Å². The van der Waals surface area contributed by atoms with Gasteiger partial charge in [-0.15, -0.1) is 10.2 Å². The van der Waals surface area contributed by atoms with Crippen LogP contribution in [0.3, 0.4) is 0 Å². The number of carbonyl (C=O) groups excluding carboxylic acids is 4. The zero-order valence-corrected chi connectivity index (χ0v) is 18.8. The topological polar surface area (TPSA) is 153 Å². The van der Waals surface area contributed by atoms with E-state index in [1.807, 2.05) is 10.6 Å². The molecule has 12 heteroatoms. The minimum atomic E-state index is -2.09. The van der Waals surface area contributed by atoms with Crippen LogP contribution < -0.4 is 20.1 Å². The molecule has 0 radical (unpaired) electrons. The van der Waals surface area contributed by atoms with Crippen molar-refractivity contribution in [3.63, 3.8) is 0 Å². The molecule has 1 aliphatic heterocycles. The van der Waals surface area contributed by atoms with Crippen LogP contribution in [0.5, 0.6) is 17.2 Å². The van der Waals surface area contributed by atoms with Gasteiger partial charge in [0.2, 0.25) is 18.2 Å². The van der Waals surface area contributed by atoms with Crippen LogP contribution in [0.25, 0.3) is 11.5 Å². The summed E-state index contributed by atoms with van der Waals surface area (Å²) in [5, 5.41) is 11.5. The quantitative estimate of drug-likeness (QED) is 0.461. The maximum Gasteiger partial charge on any atom is 0.328 e. The molecule has 1 aromatic heterocycles. The molecule has 35 heavy (non-hydrogen) atoms. The van der Waals surface area contributed by atoms with Gasteiger partial charge < -0.3 is 18.8 Å². The second-order valence-electron chi connectivity index (χ2n) is 7.80. The number of urea groups is 1. The summed E-state index contributed by atoms with van der Waals surface area (Å²) < 4.78 is 16.7. The van der Waals surface area contributed by atoms with Crippen LogP contribution in [-0.4, -0.2) is 58.5 Å². The van der Waals surface area contributed by atoms with Gasteiger partial charge in [-0.3, -0.25) is 25.0 Å². The van der Waals surface area contributed by atoms with E-state index in [9.17, 15) is 19.2 Å². The molecule has 0 atom stereocenters. The van der Waals surface area contributed by atoms with Crippen LogP contribution in [0, 0.1) is 0 Å². The number of barbiturate groups is 1. The van der Waals surface area contributed by atoms with Crippen molar-refractivity contribution in [3.05, 3.63) is 54.9 Å². The van der Waals surface area contributed by atoms with E-state index in [0.29, 0.717) is 17.4 Å². The van der Waals surface area contributed by atoms with Gasteiger partial charge in [-0.2, -0.15) is 0 Å². The van der Waals surface area contributed by atoms with Crippen molar-refractivity contribution in [1.29, 1.82) is 0 Å². The maximum atomic E-state index is 12.7. The molecule has 180 valence electrons. The minimum absolute atomic E-state index is 0.150. The van der Waals surface area contributed by atoms with Crippen LogP contribution in [0.2, 0.25) is 0 Å². The van der Waals surface area contributed by atoms with Crippen molar-refractivity contribution in [2.45, 2.75) is 18.4 Å². The highest BCUT2D eigenvalue weighted by Gasteiger charge is 2.53.